The Balaban J connectivity index is 2.17. The summed E-state index contributed by atoms with van der Waals surface area (Å²) in [6.45, 7) is 5.68. The van der Waals surface area contributed by atoms with Crippen LogP contribution in [0.2, 0.25) is 5.02 Å². The minimum absolute atomic E-state index is 0.0461. The third-order valence-electron chi connectivity index (χ3n) is 3.32. The Hall–Kier alpha value is -2.07. The first-order valence-corrected chi connectivity index (χ1v) is 6.98. The van der Waals surface area contributed by atoms with Crippen LogP contribution in [0, 0.1) is 20.8 Å². The average molecular weight is 305 g/mol. The molecule has 1 N–H and O–H groups in total. The lowest BCUT2D eigenvalue weighted by molar-refractivity contribution is -0.116. The maximum absolute atomic E-state index is 12.2. The van der Waals surface area contributed by atoms with Crippen LogP contribution in [0.1, 0.15) is 17.0 Å². The Bertz CT molecular complexity index is 724. The van der Waals surface area contributed by atoms with Crippen molar-refractivity contribution in [3.63, 3.8) is 0 Å². The molecule has 1 aromatic carbocycles. The number of aromatic nitrogens is 1. The van der Waals surface area contributed by atoms with E-state index in [-0.39, 0.29) is 17.9 Å². The fraction of sp³-hybridized carbons (Fsp3) is 0.250. The fourth-order valence-electron chi connectivity index (χ4n) is 2.24. The topological polar surface area (TPSA) is 51.1 Å². The molecule has 5 heteroatoms. The first-order chi connectivity index (χ1) is 9.86. The molecule has 0 saturated heterocycles. The Kier molecular flexibility index (Phi) is 4.48. The highest BCUT2D eigenvalue weighted by Gasteiger charge is 2.09. The molecular weight excluding hydrogens is 288 g/mol. The van der Waals surface area contributed by atoms with Gasteiger partial charge in [0, 0.05) is 34.2 Å². The summed E-state index contributed by atoms with van der Waals surface area (Å²) in [5.74, 6) is -0.143. The second-order valence-electron chi connectivity index (χ2n) is 5.07. The van der Waals surface area contributed by atoms with Crippen LogP contribution in [0.15, 0.2) is 35.1 Å². The lowest BCUT2D eigenvalue weighted by atomic mass is 10.2. The molecule has 2 rings (SSSR count). The molecule has 1 amide bonds. The molecule has 0 aliphatic heterocycles. The molecule has 0 fully saturated rings. The van der Waals surface area contributed by atoms with E-state index in [1.807, 2.05) is 25.3 Å². The highest BCUT2D eigenvalue weighted by Crippen LogP contribution is 2.19. The standard InChI is InChI=1S/C16H17ClN2O2/c1-10-6-13(17)4-5-15(10)18-16(21)9-19-11(2)7-14(20)8-12(19)3/h4-8H,9H2,1-3H3,(H,18,21). The molecule has 110 valence electrons. The quantitative estimate of drug-likeness (QED) is 0.947. The Morgan fingerprint density at radius 3 is 2.33 bits per heavy atom. The number of anilines is 1. The predicted molar refractivity (Wildman–Crippen MR) is 85.0 cm³/mol. The lowest BCUT2D eigenvalue weighted by Gasteiger charge is -2.15. The van der Waals surface area contributed by atoms with Gasteiger partial charge in [0.1, 0.15) is 6.54 Å². The van der Waals surface area contributed by atoms with E-state index in [4.69, 9.17) is 11.6 Å². The van der Waals surface area contributed by atoms with Crippen molar-refractivity contribution in [2.75, 3.05) is 5.32 Å². The molecule has 1 aromatic heterocycles. The van der Waals surface area contributed by atoms with Gasteiger partial charge in [0.05, 0.1) is 0 Å². The molecule has 0 atom stereocenters. The van der Waals surface area contributed by atoms with Gasteiger partial charge in [-0.2, -0.15) is 0 Å². The number of nitrogens with one attached hydrogen (secondary N) is 1. The van der Waals surface area contributed by atoms with E-state index in [1.165, 1.54) is 12.1 Å². The van der Waals surface area contributed by atoms with E-state index in [9.17, 15) is 9.59 Å². The van der Waals surface area contributed by atoms with Gasteiger partial charge in [-0.1, -0.05) is 11.6 Å². The van der Waals surface area contributed by atoms with Gasteiger partial charge in [0.15, 0.2) is 5.43 Å². The number of amides is 1. The molecule has 0 aliphatic carbocycles. The molecule has 1 heterocycles. The molecule has 0 unspecified atom stereocenters. The maximum atomic E-state index is 12.2. The van der Waals surface area contributed by atoms with Gasteiger partial charge in [0.2, 0.25) is 5.91 Å². The molecule has 0 saturated carbocycles. The van der Waals surface area contributed by atoms with E-state index in [0.29, 0.717) is 5.02 Å². The van der Waals surface area contributed by atoms with E-state index >= 15 is 0 Å². The van der Waals surface area contributed by atoms with Crippen LogP contribution in [-0.4, -0.2) is 10.5 Å². The Morgan fingerprint density at radius 2 is 1.76 bits per heavy atom. The first kappa shape index (κ1) is 15.3. The Labute approximate surface area is 128 Å². The maximum Gasteiger partial charge on any atom is 0.244 e. The summed E-state index contributed by atoms with van der Waals surface area (Å²) in [4.78, 5) is 23.6. The van der Waals surface area contributed by atoms with Gasteiger partial charge >= 0.3 is 0 Å². The number of nitrogens with zero attached hydrogens (tertiary/aromatic N) is 1. The van der Waals surface area contributed by atoms with Crippen LogP contribution in [0.3, 0.4) is 0 Å². The molecule has 0 aliphatic rings. The second kappa shape index (κ2) is 6.14. The van der Waals surface area contributed by atoms with Crippen LogP contribution >= 0.6 is 11.6 Å². The van der Waals surface area contributed by atoms with Crippen molar-refractivity contribution in [2.45, 2.75) is 27.3 Å². The van der Waals surface area contributed by atoms with E-state index in [0.717, 1.165) is 22.6 Å². The number of aryl methyl sites for hydroxylation is 3. The second-order valence-corrected chi connectivity index (χ2v) is 5.50. The summed E-state index contributed by atoms with van der Waals surface area (Å²) in [5, 5.41) is 3.50. The molecular formula is C16H17ClN2O2. The van der Waals surface area contributed by atoms with Crippen molar-refractivity contribution in [1.29, 1.82) is 0 Å². The highest BCUT2D eigenvalue weighted by molar-refractivity contribution is 6.30. The average Bonchev–Trinajstić information content (AvgIpc) is 2.37. The summed E-state index contributed by atoms with van der Waals surface area (Å²) in [6, 6.07) is 8.36. The van der Waals surface area contributed by atoms with Crippen molar-refractivity contribution >= 4 is 23.2 Å². The molecule has 0 bridgehead atoms. The van der Waals surface area contributed by atoms with Crippen LogP contribution in [-0.2, 0) is 11.3 Å². The molecule has 0 radical (unpaired) electrons. The smallest absolute Gasteiger partial charge is 0.244 e. The summed E-state index contributed by atoms with van der Waals surface area (Å²) >= 11 is 5.89. The summed E-state index contributed by atoms with van der Waals surface area (Å²) in [5.41, 5.74) is 3.13. The van der Waals surface area contributed by atoms with Crippen molar-refractivity contribution in [1.82, 2.24) is 4.57 Å². The number of pyridine rings is 1. The Morgan fingerprint density at radius 1 is 1.14 bits per heavy atom. The van der Waals surface area contributed by atoms with Gasteiger partial charge in [0.25, 0.3) is 0 Å². The SMILES string of the molecule is Cc1cc(Cl)ccc1NC(=O)Cn1c(C)cc(=O)cc1C. The summed E-state index contributed by atoms with van der Waals surface area (Å²) in [7, 11) is 0. The zero-order chi connectivity index (χ0) is 15.6. The minimum atomic E-state index is -0.143. The molecule has 4 nitrogen and oxygen atoms in total. The predicted octanol–water partition coefficient (Wildman–Crippen LogP) is 3.07. The zero-order valence-electron chi connectivity index (χ0n) is 12.2. The van der Waals surface area contributed by atoms with Gasteiger partial charge in [-0.3, -0.25) is 9.59 Å². The van der Waals surface area contributed by atoms with Crippen LogP contribution < -0.4 is 10.7 Å². The summed E-state index contributed by atoms with van der Waals surface area (Å²) in [6.07, 6.45) is 0. The van der Waals surface area contributed by atoms with Gasteiger partial charge < -0.3 is 9.88 Å². The van der Waals surface area contributed by atoms with Crippen molar-refractivity contribution in [2.24, 2.45) is 0 Å². The van der Waals surface area contributed by atoms with Gasteiger partial charge in [-0.05, 0) is 44.5 Å². The fourth-order valence-corrected chi connectivity index (χ4v) is 2.46. The number of carbonyl (C=O) groups excluding carboxylic acids is 1. The number of hydrogen-bond acceptors (Lipinski definition) is 2. The van der Waals surface area contributed by atoms with Crippen molar-refractivity contribution in [3.05, 3.63) is 62.5 Å². The van der Waals surface area contributed by atoms with Crippen molar-refractivity contribution in [3.8, 4) is 0 Å². The number of benzene rings is 1. The number of halogens is 1. The normalized spacial score (nSPS) is 10.5. The monoisotopic (exact) mass is 304 g/mol. The van der Waals surface area contributed by atoms with Crippen molar-refractivity contribution < 1.29 is 4.79 Å². The largest absolute Gasteiger partial charge is 0.340 e. The van der Waals surface area contributed by atoms with Crippen LogP contribution in [0.25, 0.3) is 0 Å². The molecule has 2 aromatic rings. The van der Waals surface area contributed by atoms with Crippen LogP contribution in [0.5, 0.6) is 0 Å². The van der Waals surface area contributed by atoms with Crippen LogP contribution in [0.4, 0.5) is 5.69 Å². The zero-order valence-corrected chi connectivity index (χ0v) is 13.0. The number of hydrogen-bond donors (Lipinski definition) is 1. The number of rotatable bonds is 3. The highest BCUT2D eigenvalue weighted by atomic mass is 35.5. The molecule has 21 heavy (non-hydrogen) atoms. The third-order valence-corrected chi connectivity index (χ3v) is 3.55. The minimum Gasteiger partial charge on any atom is -0.340 e. The number of carbonyl (C=O) groups is 1. The van der Waals surface area contributed by atoms with E-state index in [2.05, 4.69) is 5.32 Å². The van der Waals surface area contributed by atoms with Gasteiger partial charge in [-0.15, -0.1) is 0 Å². The van der Waals surface area contributed by atoms with E-state index in [1.54, 1.807) is 18.2 Å². The third kappa shape index (κ3) is 3.73. The summed E-state index contributed by atoms with van der Waals surface area (Å²) < 4.78 is 1.81. The van der Waals surface area contributed by atoms with Gasteiger partial charge in [-0.25, -0.2) is 0 Å². The lowest BCUT2D eigenvalue weighted by Crippen LogP contribution is -2.23. The first-order valence-electron chi connectivity index (χ1n) is 6.61. The van der Waals surface area contributed by atoms with E-state index < -0.39 is 0 Å². The molecule has 0 spiro atoms.